The van der Waals surface area contributed by atoms with E-state index < -0.39 is 6.03 Å². The summed E-state index contributed by atoms with van der Waals surface area (Å²) >= 11 is 0. The first kappa shape index (κ1) is 17.0. The van der Waals surface area contributed by atoms with Crippen LogP contribution in [0.4, 0.5) is 4.79 Å². The average Bonchev–Trinajstić information content (AvgIpc) is 2.82. The van der Waals surface area contributed by atoms with Gasteiger partial charge in [-0.3, -0.25) is 4.79 Å². The van der Waals surface area contributed by atoms with E-state index in [1.54, 1.807) is 0 Å². The molecule has 1 saturated carbocycles. The molecule has 116 valence electrons. The van der Waals surface area contributed by atoms with E-state index in [4.69, 9.17) is 11.5 Å². The molecular weight excluding hydrogens is 280 g/mol. The second-order valence-corrected chi connectivity index (χ2v) is 5.70. The summed E-state index contributed by atoms with van der Waals surface area (Å²) in [4.78, 5) is 25.3. The molecular formula is C13H25ClN4O2. The van der Waals surface area contributed by atoms with E-state index in [-0.39, 0.29) is 36.3 Å². The molecule has 20 heavy (non-hydrogen) atoms. The minimum atomic E-state index is -0.527. The number of nitrogens with two attached hydrogens (primary N) is 2. The molecule has 1 aliphatic carbocycles. The van der Waals surface area contributed by atoms with Gasteiger partial charge in [-0.05, 0) is 38.5 Å². The fraction of sp³-hybridized carbons (Fsp3) is 0.846. The average molecular weight is 305 g/mol. The molecule has 0 aromatic carbocycles. The van der Waals surface area contributed by atoms with Gasteiger partial charge in [0.15, 0.2) is 0 Å². The molecule has 1 heterocycles. The van der Waals surface area contributed by atoms with Crippen molar-refractivity contribution < 1.29 is 9.59 Å². The lowest BCUT2D eigenvalue weighted by molar-refractivity contribution is -0.139. The van der Waals surface area contributed by atoms with Gasteiger partial charge in [-0.25, -0.2) is 4.79 Å². The largest absolute Gasteiger partial charge is 0.352 e. The molecule has 2 aliphatic rings. The maximum Gasteiger partial charge on any atom is 0.312 e. The van der Waals surface area contributed by atoms with Gasteiger partial charge >= 0.3 is 6.03 Å². The second-order valence-electron chi connectivity index (χ2n) is 5.70. The van der Waals surface area contributed by atoms with E-state index in [1.807, 2.05) is 4.90 Å². The van der Waals surface area contributed by atoms with Crippen molar-refractivity contribution in [3.63, 3.8) is 0 Å². The quantitative estimate of drug-likeness (QED) is 0.711. The third-order valence-corrected chi connectivity index (χ3v) is 4.24. The Balaban J connectivity index is 0.00000200. The van der Waals surface area contributed by atoms with E-state index in [9.17, 15) is 9.59 Å². The lowest BCUT2D eigenvalue weighted by atomic mass is 9.98. The lowest BCUT2D eigenvalue weighted by Crippen LogP contribution is -2.51. The van der Waals surface area contributed by atoms with Crippen molar-refractivity contribution in [1.82, 2.24) is 10.2 Å². The Kier molecular flexibility index (Phi) is 6.55. The van der Waals surface area contributed by atoms with E-state index >= 15 is 0 Å². The number of carbonyl (C=O) groups is 2. The molecule has 1 saturated heterocycles. The number of hydrogen-bond donors (Lipinski definition) is 3. The highest BCUT2D eigenvalue weighted by molar-refractivity contribution is 5.85. The SMILES string of the molecule is Cl.NC(=O)NCC1CCCCN1C(=O)C1CCC(N)C1. The number of urea groups is 1. The van der Waals surface area contributed by atoms with E-state index in [1.165, 1.54) is 0 Å². The number of carbonyl (C=O) groups excluding carboxylic acids is 2. The molecule has 7 heteroatoms. The highest BCUT2D eigenvalue weighted by Crippen LogP contribution is 2.28. The lowest BCUT2D eigenvalue weighted by Gasteiger charge is -2.37. The van der Waals surface area contributed by atoms with Crippen molar-refractivity contribution in [2.75, 3.05) is 13.1 Å². The van der Waals surface area contributed by atoms with Gasteiger partial charge in [0, 0.05) is 31.1 Å². The van der Waals surface area contributed by atoms with Crippen molar-refractivity contribution in [2.45, 2.75) is 50.6 Å². The van der Waals surface area contributed by atoms with Crippen molar-refractivity contribution in [3.8, 4) is 0 Å². The molecule has 6 nitrogen and oxygen atoms in total. The van der Waals surface area contributed by atoms with Crippen LogP contribution in [0, 0.1) is 5.92 Å². The van der Waals surface area contributed by atoms with Crippen LogP contribution in [-0.4, -0.2) is 42.0 Å². The summed E-state index contributed by atoms with van der Waals surface area (Å²) in [5.74, 6) is 0.285. The molecule has 2 rings (SSSR count). The number of hydrogen-bond acceptors (Lipinski definition) is 3. The Morgan fingerprint density at radius 3 is 2.55 bits per heavy atom. The first-order chi connectivity index (χ1) is 9.08. The molecule has 3 atom stereocenters. The summed E-state index contributed by atoms with van der Waals surface area (Å²) in [5, 5.41) is 2.62. The number of halogens is 1. The van der Waals surface area contributed by atoms with Crippen LogP contribution in [0.3, 0.4) is 0 Å². The standard InChI is InChI=1S/C13H24N4O2.ClH/c14-10-5-4-9(7-10)12(18)17-6-2-1-3-11(17)8-16-13(15)19;/h9-11H,1-8,14H2,(H3,15,16,19);1H. The fourth-order valence-corrected chi connectivity index (χ4v) is 3.20. The van der Waals surface area contributed by atoms with Gasteiger partial charge in [0.05, 0.1) is 0 Å². The smallest absolute Gasteiger partial charge is 0.312 e. The number of likely N-dealkylation sites (tertiary alicyclic amines) is 1. The highest BCUT2D eigenvalue weighted by atomic mass is 35.5. The van der Waals surface area contributed by atoms with E-state index in [2.05, 4.69) is 5.32 Å². The molecule has 2 fully saturated rings. The van der Waals surface area contributed by atoms with Gasteiger partial charge in [0.2, 0.25) is 5.91 Å². The number of rotatable bonds is 3. The maximum atomic E-state index is 12.5. The number of amides is 3. The van der Waals surface area contributed by atoms with Crippen LogP contribution in [0.15, 0.2) is 0 Å². The molecule has 0 spiro atoms. The molecule has 0 radical (unpaired) electrons. The minimum absolute atomic E-state index is 0. The maximum absolute atomic E-state index is 12.5. The Bertz CT molecular complexity index is 353. The molecule has 1 aliphatic heterocycles. The summed E-state index contributed by atoms with van der Waals surface area (Å²) in [6.07, 6.45) is 5.70. The predicted octanol–water partition coefficient (Wildman–Crippen LogP) is 0.585. The molecule has 0 aromatic heterocycles. The Morgan fingerprint density at radius 1 is 1.20 bits per heavy atom. The van der Waals surface area contributed by atoms with E-state index in [0.717, 1.165) is 45.1 Å². The van der Waals surface area contributed by atoms with Gasteiger partial charge in [-0.2, -0.15) is 0 Å². The number of nitrogens with one attached hydrogen (secondary N) is 1. The Hall–Kier alpha value is -1.01. The zero-order valence-corrected chi connectivity index (χ0v) is 12.5. The summed E-state index contributed by atoms with van der Waals surface area (Å²) in [6, 6.07) is -0.271. The van der Waals surface area contributed by atoms with Crippen LogP contribution < -0.4 is 16.8 Å². The van der Waals surface area contributed by atoms with Gasteiger partial charge in [-0.1, -0.05) is 0 Å². The topological polar surface area (TPSA) is 101 Å². The number of piperidine rings is 1. The highest BCUT2D eigenvalue weighted by Gasteiger charge is 2.35. The first-order valence-electron chi connectivity index (χ1n) is 7.17. The van der Waals surface area contributed by atoms with Gasteiger partial charge in [0.25, 0.3) is 0 Å². The van der Waals surface area contributed by atoms with Gasteiger partial charge in [-0.15, -0.1) is 12.4 Å². The third-order valence-electron chi connectivity index (χ3n) is 4.24. The molecule has 0 aromatic rings. The van der Waals surface area contributed by atoms with Gasteiger partial charge in [0.1, 0.15) is 0 Å². The van der Waals surface area contributed by atoms with Crippen LogP contribution in [0.5, 0.6) is 0 Å². The molecule has 0 bridgehead atoms. The molecule has 3 amide bonds. The zero-order chi connectivity index (χ0) is 13.8. The molecule has 5 N–H and O–H groups in total. The van der Waals surface area contributed by atoms with Crippen LogP contribution in [0.2, 0.25) is 0 Å². The summed E-state index contributed by atoms with van der Waals surface area (Å²) < 4.78 is 0. The Labute approximate surface area is 126 Å². The van der Waals surface area contributed by atoms with E-state index in [0.29, 0.717) is 6.54 Å². The van der Waals surface area contributed by atoms with Crippen LogP contribution in [-0.2, 0) is 4.79 Å². The predicted molar refractivity (Wildman–Crippen MR) is 79.5 cm³/mol. The summed E-state index contributed by atoms with van der Waals surface area (Å²) in [6.45, 7) is 1.25. The second kappa shape index (κ2) is 7.69. The first-order valence-corrected chi connectivity index (χ1v) is 7.17. The number of nitrogens with zero attached hydrogens (tertiary/aromatic N) is 1. The Morgan fingerprint density at radius 2 is 1.95 bits per heavy atom. The van der Waals surface area contributed by atoms with Crippen molar-refractivity contribution in [3.05, 3.63) is 0 Å². The van der Waals surface area contributed by atoms with Gasteiger partial charge < -0.3 is 21.7 Å². The third kappa shape index (κ3) is 4.24. The van der Waals surface area contributed by atoms with Crippen LogP contribution >= 0.6 is 12.4 Å². The molecule has 3 unspecified atom stereocenters. The van der Waals surface area contributed by atoms with Crippen molar-refractivity contribution in [2.24, 2.45) is 17.4 Å². The monoisotopic (exact) mass is 304 g/mol. The summed E-state index contributed by atoms with van der Waals surface area (Å²) in [5.41, 5.74) is 11.0. The number of primary amides is 1. The normalized spacial score (nSPS) is 29.6. The van der Waals surface area contributed by atoms with Crippen molar-refractivity contribution in [1.29, 1.82) is 0 Å². The minimum Gasteiger partial charge on any atom is -0.352 e. The zero-order valence-electron chi connectivity index (χ0n) is 11.7. The summed E-state index contributed by atoms with van der Waals surface area (Å²) in [7, 11) is 0. The van der Waals surface area contributed by atoms with Crippen molar-refractivity contribution >= 4 is 24.3 Å². The fourth-order valence-electron chi connectivity index (χ4n) is 3.20. The van der Waals surface area contributed by atoms with Crippen LogP contribution in [0.1, 0.15) is 38.5 Å². The van der Waals surface area contributed by atoms with Crippen LogP contribution in [0.25, 0.3) is 0 Å².